The number of piperidine rings is 1. The van der Waals surface area contributed by atoms with E-state index in [2.05, 4.69) is 41.9 Å². The van der Waals surface area contributed by atoms with Crippen LogP contribution in [0.1, 0.15) is 57.1 Å². The maximum atomic E-state index is 13.5. The van der Waals surface area contributed by atoms with Gasteiger partial charge in [0.25, 0.3) is 5.91 Å². The van der Waals surface area contributed by atoms with Crippen LogP contribution in [0, 0.1) is 17.3 Å². The fourth-order valence-electron chi connectivity index (χ4n) is 8.10. The molecule has 2 bridgehead atoms. The summed E-state index contributed by atoms with van der Waals surface area (Å²) in [4.78, 5) is 18.2. The number of phenolic OH excluding ortho intramolecular Hbond substituents is 1. The normalized spacial score (nSPS) is 32.6. The Morgan fingerprint density at radius 2 is 2.14 bits per heavy atom. The third-order valence-corrected chi connectivity index (χ3v) is 10.1. The number of benzene rings is 1. The van der Waals surface area contributed by atoms with Crippen LogP contribution in [0.4, 0.5) is 0 Å². The van der Waals surface area contributed by atoms with Crippen molar-refractivity contribution in [2.75, 3.05) is 27.2 Å². The standard InChI is InChI=1S/C30H42N4O2/c1-6-7-8-26(32-31-4)28(36)33(5)20(2)24-13-14-29(3)27-17-22-11-12-23(35)18-25(22)30(24,29)15-16-34(27)19-21-9-10-21/h6-8,11-12,18,20-21,24,27,31,35H,1,9-10,13-17,19H2,2-5H3/b8-7-,32-26+. The van der Waals surface area contributed by atoms with Crippen molar-refractivity contribution < 1.29 is 9.90 Å². The van der Waals surface area contributed by atoms with Gasteiger partial charge in [-0.1, -0.05) is 31.7 Å². The van der Waals surface area contributed by atoms with Gasteiger partial charge in [0.15, 0.2) is 0 Å². The molecule has 0 aromatic heterocycles. The molecule has 0 spiro atoms. The molecule has 194 valence electrons. The minimum atomic E-state index is -0.0883. The van der Waals surface area contributed by atoms with Crippen LogP contribution in [0.25, 0.3) is 0 Å². The van der Waals surface area contributed by atoms with Gasteiger partial charge in [0.2, 0.25) is 0 Å². The van der Waals surface area contributed by atoms with Gasteiger partial charge in [0.05, 0.1) is 0 Å². The molecule has 3 aliphatic carbocycles. The van der Waals surface area contributed by atoms with Crippen molar-refractivity contribution in [1.82, 2.24) is 15.2 Å². The summed E-state index contributed by atoms with van der Waals surface area (Å²) in [6.45, 7) is 10.8. The van der Waals surface area contributed by atoms with Crippen LogP contribution in [-0.2, 0) is 16.6 Å². The van der Waals surface area contributed by atoms with Gasteiger partial charge in [-0.05, 0) is 98.6 Å². The smallest absolute Gasteiger partial charge is 0.274 e. The first-order valence-corrected chi connectivity index (χ1v) is 13.6. The lowest BCUT2D eigenvalue weighted by Crippen LogP contribution is -2.67. The second kappa shape index (κ2) is 9.37. The first-order chi connectivity index (χ1) is 17.3. The lowest BCUT2D eigenvalue weighted by Gasteiger charge is -2.63. The second-order valence-electron chi connectivity index (χ2n) is 11.8. The number of rotatable bonds is 8. The molecule has 1 aromatic rings. The SMILES string of the molecule is C=C/C=C\C(=N/NC)C(=O)N(C)C(C)C1CCC2(C)C3Cc4ccc(O)cc4C12CCN3CC1CC1. The number of hydrazone groups is 1. The summed E-state index contributed by atoms with van der Waals surface area (Å²) in [5, 5.41) is 14.8. The number of nitrogens with one attached hydrogen (secondary N) is 1. The number of carbonyl (C=O) groups excluding carboxylic acids is 1. The van der Waals surface area contributed by atoms with E-state index in [0.717, 1.165) is 38.1 Å². The van der Waals surface area contributed by atoms with Crippen LogP contribution in [-0.4, -0.2) is 65.8 Å². The molecule has 5 unspecified atom stereocenters. The summed E-state index contributed by atoms with van der Waals surface area (Å²) in [6, 6.07) is 6.61. The van der Waals surface area contributed by atoms with E-state index in [1.165, 1.54) is 30.5 Å². The average molecular weight is 491 g/mol. The van der Waals surface area contributed by atoms with Crippen molar-refractivity contribution in [3.05, 3.63) is 54.1 Å². The molecule has 1 amide bonds. The maximum absolute atomic E-state index is 13.5. The van der Waals surface area contributed by atoms with Crippen molar-refractivity contribution in [1.29, 1.82) is 0 Å². The Morgan fingerprint density at radius 3 is 2.83 bits per heavy atom. The van der Waals surface area contributed by atoms with Gasteiger partial charge in [-0.2, -0.15) is 5.10 Å². The van der Waals surface area contributed by atoms with Gasteiger partial charge in [-0.3, -0.25) is 9.69 Å². The Morgan fingerprint density at radius 1 is 1.36 bits per heavy atom. The Kier molecular flexibility index (Phi) is 6.52. The number of allylic oxidation sites excluding steroid dienone is 2. The van der Waals surface area contributed by atoms with E-state index in [4.69, 9.17) is 0 Å². The van der Waals surface area contributed by atoms with Crippen molar-refractivity contribution in [3.8, 4) is 5.75 Å². The molecule has 6 nitrogen and oxygen atoms in total. The number of amides is 1. The van der Waals surface area contributed by atoms with Gasteiger partial charge in [-0.15, -0.1) is 0 Å². The summed E-state index contributed by atoms with van der Waals surface area (Å²) in [7, 11) is 3.62. The number of likely N-dealkylation sites (tertiary alicyclic amines) is 1. The molecule has 3 fully saturated rings. The molecule has 36 heavy (non-hydrogen) atoms. The predicted octanol–water partition coefficient (Wildman–Crippen LogP) is 4.25. The van der Waals surface area contributed by atoms with E-state index < -0.39 is 0 Å². The van der Waals surface area contributed by atoms with Crippen molar-refractivity contribution in [2.45, 2.75) is 69.9 Å². The van der Waals surface area contributed by atoms with Gasteiger partial charge < -0.3 is 15.4 Å². The topological polar surface area (TPSA) is 68.2 Å². The predicted molar refractivity (Wildman–Crippen MR) is 145 cm³/mol. The highest BCUT2D eigenvalue weighted by Gasteiger charge is 2.67. The number of carbonyl (C=O) groups is 1. The third kappa shape index (κ3) is 3.80. The van der Waals surface area contributed by atoms with E-state index in [9.17, 15) is 9.90 Å². The number of hydrogen-bond acceptors (Lipinski definition) is 5. The monoisotopic (exact) mass is 490 g/mol. The van der Waals surface area contributed by atoms with Crippen LogP contribution in [0.3, 0.4) is 0 Å². The summed E-state index contributed by atoms with van der Waals surface area (Å²) in [6.07, 6.45) is 12.2. The van der Waals surface area contributed by atoms with Crippen LogP contribution >= 0.6 is 0 Å². The van der Waals surface area contributed by atoms with E-state index in [1.54, 1.807) is 25.3 Å². The number of nitrogens with zero attached hydrogens (tertiary/aromatic N) is 3. The Balaban J connectivity index is 1.53. The molecule has 2 N–H and O–H groups in total. The van der Waals surface area contributed by atoms with E-state index in [1.807, 2.05) is 24.1 Å². The van der Waals surface area contributed by atoms with Crippen molar-refractivity contribution >= 4 is 11.6 Å². The van der Waals surface area contributed by atoms with Crippen molar-refractivity contribution in [3.63, 3.8) is 0 Å². The molecule has 1 aliphatic heterocycles. The number of aromatic hydroxyl groups is 1. The zero-order chi connectivity index (χ0) is 25.7. The molecule has 5 atom stereocenters. The molecule has 0 radical (unpaired) electrons. The lowest BCUT2D eigenvalue weighted by atomic mass is 9.48. The molecule has 1 heterocycles. The Bertz CT molecular complexity index is 1090. The molecule has 6 heteroatoms. The molecule has 5 rings (SSSR count). The maximum Gasteiger partial charge on any atom is 0.274 e. The number of hydrogen-bond donors (Lipinski definition) is 2. The highest BCUT2D eigenvalue weighted by atomic mass is 16.3. The zero-order valence-corrected chi connectivity index (χ0v) is 22.3. The van der Waals surface area contributed by atoms with E-state index in [-0.39, 0.29) is 22.8 Å². The zero-order valence-electron chi connectivity index (χ0n) is 22.3. The first-order valence-electron chi connectivity index (χ1n) is 13.6. The number of fused-ring (bicyclic) bond motifs is 1. The Labute approximate surface area is 216 Å². The van der Waals surface area contributed by atoms with Crippen LogP contribution in [0.2, 0.25) is 0 Å². The van der Waals surface area contributed by atoms with Crippen LogP contribution in [0.15, 0.2) is 48.1 Å². The third-order valence-electron chi connectivity index (χ3n) is 10.1. The molecular formula is C30H42N4O2. The lowest BCUT2D eigenvalue weighted by molar-refractivity contribution is -0.127. The van der Waals surface area contributed by atoms with Crippen LogP contribution in [0.5, 0.6) is 5.75 Å². The minimum Gasteiger partial charge on any atom is -0.508 e. The average Bonchev–Trinajstić information content (AvgIpc) is 3.62. The molecule has 1 saturated heterocycles. The molecular weight excluding hydrogens is 448 g/mol. The summed E-state index contributed by atoms with van der Waals surface area (Å²) < 4.78 is 0. The fraction of sp³-hybridized carbons (Fsp3) is 0.600. The van der Waals surface area contributed by atoms with Gasteiger partial charge >= 0.3 is 0 Å². The number of phenols is 1. The quantitative estimate of drug-likeness (QED) is 0.325. The largest absolute Gasteiger partial charge is 0.508 e. The van der Waals surface area contributed by atoms with Gasteiger partial charge in [-0.25, -0.2) is 0 Å². The summed E-state index contributed by atoms with van der Waals surface area (Å²) in [5.74, 6) is 1.44. The molecule has 1 aromatic carbocycles. The summed E-state index contributed by atoms with van der Waals surface area (Å²) in [5.41, 5.74) is 5.93. The Hall–Kier alpha value is -2.60. The van der Waals surface area contributed by atoms with E-state index in [0.29, 0.717) is 23.4 Å². The highest BCUT2D eigenvalue weighted by Crippen LogP contribution is 2.68. The van der Waals surface area contributed by atoms with Gasteiger partial charge in [0.1, 0.15) is 11.5 Å². The molecule has 4 aliphatic rings. The summed E-state index contributed by atoms with van der Waals surface area (Å²) >= 11 is 0. The van der Waals surface area contributed by atoms with Gasteiger partial charge in [0, 0.05) is 38.1 Å². The second-order valence-corrected chi connectivity index (χ2v) is 11.8. The van der Waals surface area contributed by atoms with Crippen molar-refractivity contribution in [2.24, 2.45) is 22.4 Å². The minimum absolute atomic E-state index is 0.0300. The first kappa shape index (κ1) is 25.1. The fourth-order valence-corrected chi connectivity index (χ4v) is 8.10. The molecule has 2 saturated carbocycles. The van der Waals surface area contributed by atoms with Crippen LogP contribution < -0.4 is 5.43 Å². The highest BCUT2D eigenvalue weighted by molar-refractivity contribution is 6.43. The van der Waals surface area contributed by atoms with E-state index >= 15 is 0 Å².